The maximum atomic E-state index is 11.3. The molecule has 1 aliphatic heterocycles. The van der Waals surface area contributed by atoms with Crippen molar-refractivity contribution in [3.8, 4) is 0 Å². The number of carbonyl (C=O) groups is 1. The van der Waals surface area contributed by atoms with Gasteiger partial charge in [-0.15, -0.1) is 0 Å². The molecule has 0 amide bonds. The molecule has 2 unspecified atom stereocenters. The van der Waals surface area contributed by atoms with E-state index in [4.69, 9.17) is 0 Å². The van der Waals surface area contributed by atoms with Crippen LogP contribution in [0, 0.1) is 0 Å². The van der Waals surface area contributed by atoms with Gasteiger partial charge in [0.2, 0.25) is 0 Å². The zero-order valence-corrected chi connectivity index (χ0v) is 7.59. The van der Waals surface area contributed by atoms with Gasteiger partial charge in [-0.3, -0.25) is 9.00 Å². The van der Waals surface area contributed by atoms with Crippen LogP contribution in [0.2, 0.25) is 0 Å². The van der Waals surface area contributed by atoms with Crippen LogP contribution in [0.5, 0.6) is 0 Å². The summed E-state index contributed by atoms with van der Waals surface area (Å²) in [7, 11) is -0.152. The first-order valence-corrected chi connectivity index (χ1v) is 4.53. The molecule has 0 spiro atoms. The Hall–Kier alpha value is -0.910. The van der Waals surface area contributed by atoms with Crippen molar-refractivity contribution in [1.29, 1.82) is 0 Å². The van der Waals surface area contributed by atoms with Crippen LogP contribution in [0.4, 0.5) is 0 Å². The molecule has 12 heavy (non-hydrogen) atoms. The average Bonchev–Trinajstić information content (AvgIpc) is 2.08. The third-order valence-corrected chi connectivity index (χ3v) is 2.93. The van der Waals surface area contributed by atoms with Gasteiger partial charge in [0, 0.05) is 0 Å². The van der Waals surface area contributed by atoms with Crippen molar-refractivity contribution in [2.75, 3.05) is 13.7 Å². The van der Waals surface area contributed by atoms with Crippen molar-refractivity contribution in [1.82, 2.24) is 0 Å². The molecular formula is C6H9NO4S. The van der Waals surface area contributed by atoms with Crippen LogP contribution in [0.25, 0.3) is 0 Å². The van der Waals surface area contributed by atoms with Crippen LogP contribution >= 0.6 is 0 Å². The van der Waals surface area contributed by atoms with Crippen molar-refractivity contribution >= 4 is 21.8 Å². The molecule has 0 radical (unpaired) electrons. The summed E-state index contributed by atoms with van der Waals surface area (Å²) in [6, 6.07) is 0. The van der Waals surface area contributed by atoms with Crippen molar-refractivity contribution in [2.24, 2.45) is 5.16 Å². The molecule has 6 heteroatoms. The summed E-state index contributed by atoms with van der Waals surface area (Å²) in [4.78, 5) is 15.7. The lowest BCUT2D eigenvalue weighted by Gasteiger charge is -2.16. The number of methoxy groups -OCH3 is 1. The van der Waals surface area contributed by atoms with E-state index in [2.05, 4.69) is 14.7 Å². The third kappa shape index (κ3) is 1.63. The van der Waals surface area contributed by atoms with Crippen LogP contribution < -0.4 is 0 Å². The number of oxime groups is 1. The van der Waals surface area contributed by atoms with E-state index in [-0.39, 0.29) is 6.61 Å². The molecule has 0 saturated heterocycles. The fourth-order valence-corrected chi connectivity index (χ4v) is 1.78. The van der Waals surface area contributed by atoms with Crippen molar-refractivity contribution < 1.29 is 18.6 Å². The summed E-state index contributed by atoms with van der Waals surface area (Å²) in [5.74, 6) is -0.525. The molecule has 0 fully saturated rings. The summed E-state index contributed by atoms with van der Waals surface area (Å²) < 4.78 is 15.8. The molecule has 1 rings (SSSR count). The predicted octanol–water partition coefficient (Wildman–Crippen LogP) is -0.360. The second-order valence-corrected chi connectivity index (χ2v) is 3.97. The Morgan fingerprint density at radius 1 is 1.83 bits per heavy atom. The lowest BCUT2D eigenvalue weighted by molar-refractivity contribution is -0.141. The summed E-state index contributed by atoms with van der Waals surface area (Å²) in [6.45, 7) is 1.57. The van der Waals surface area contributed by atoms with Crippen LogP contribution in [0.3, 0.4) is 0 Å². The fourth-order valence-electron chi connectivity index (χ4n) is 0.787. The number of rotatable bonds is 1. The first-order valence-electron chi connectivity index (χ1n) is 3.31. The van der Waals surface area contributed by atoms with E-state index in [1.807, 2.05) is 0 Å². The summed E-state index contributed by atoms with van der Waals surface area (Å²) in [5.41, 5.74) is 0. The number of nitrogens with zero attached hydrogens (tertiary/aromatic N) is 1. The SMILES string of the molecule is COC(=O)C1CON=C(C)S1=O. The maximum Gasteiger partial charge on any atom is 0.325 e. The lowest BCUT2D eigenvalue weighted by atomic mass is 10.4. The lowest BCUT2D eigenvalue weighted by Crippen LogP contribution is -2.37. The van der Waals surface area contributed by atoms with E-state index in [0.29, 0.717) is 5.04 Å². The van der Waals surface area contributed by atoms with E-state index in [1.165, 1.54) is 7.11 Å². The third-order valence-electron chi connectivity index (χ3n) is 1.43. The summed E-state index contributed by atoms with van der Waals surface area (Å²) in [6.07, 6.45) is 0. The van der Waals surface area contributed by atoms with Crippen LogP contribution in [0.15, 0.2) is 5.16 Å². The number of hydrogen-bond acceptors (Lipinski definition) is 5. The predicted molar refractivity (Wildman–Crippen MR) is 43.0 cm³/mol. The highest BCUT2D eigenvalue weighted by Crippen LogP contribution is 2.08. The normalized spacial score (nSPS) is 28.7. The molecule has 0 aromatic rings. The van der Waals surface area contributed by atoms with E-state index in [0.717, 1.165) is 0 Å². The van der Waals surface area contributed by atoms with Crippen LogP contribution in [-0.4, -0.2) is 34.2 Å². The molecule has 2 atom stereocenters. The molecule has 68 valence electrons. The highest BCUT2D eigenvalue weighted by atomic mass is 32.2. The minimum absolute atomic E-state index is 0.0244. The number of ether oxygens (including phenoxy) is 1. The molecule has 0 aromatic heterocycles. The highest BCUT2D eigenvalue weighted by Gasteiger charge is 2.32. The second kappa shape index (κ2) is 3.66. The summed E-state index contributed by atoms with van der Waals surface area (Å²) >= 11 is 0. The van der Waals surface area contributed by atoms with E-state index >= 15 is 0 Å². The fraction of sp³-hybridized carbons (Fsp3) is 0.667. The van der Waals surface area contributed by atoms with E-state index in [1.54, 1.807) is 6.92 Å². The van der Waals surface area contributed by atoms with Gasteiger partial charge >= 0.3 is 5.97 Å². The quantitative estimate of drug-likeness (QED) is 0.531. The van der Waals surface area contributed by atoms with Gasteiger partial charge in [0.25, 0.3) is 0 Å². The second-order valence-electron chi connectivity index (χ2n) is 2.22. The smallest absolute Gasteiger partial charge is 0.325 e. The van der Waals surface area contributed by atoms with Gasteiger partial charge in [-0.1, -0.05) is 5.16 Å². The monoisotopic (exact) mass is 191 g/mol. The molecule has 1 aliphatic rings. The Bertz CT molecular complexity index is 250. The minimum atomic E-state index is -1.40. The number of esters is 1. The molecule has 0 aliphatic carbocycles. The molecule has 0 aromatic carbocycles. The molecule has 0 bridgehead atoms. The summed E-state index contributed by atoms with van der Waals surface area (Å²) in [5, 5.41) is 3.07. The Morgan fingerprint density at radius 2 is 2.50 bits per heavy atom. The molecule has 5 nitrogen and oxygen atoms in total. The van der Waals surface area contributed by atoms with Gasteiger partial charge in [-0.05, 0) is 6.92 Å². The Balaban J connectivity index is 2.76. The molecule has 1 heterocycles. The van der Waals surface area contributed by atoms with Crippen LogP contribution in [-0.2, 0) is 25.2 Å². The zero-order chi connectivity index (χ0) is 9.14. The van der Waals surface area contributed by atoms with Gasteiger partial charge in [-0.2, -0.15) is 0 Å². The van der Waals surface area contributed by atoms with Gasteiger partial charge in [0.05, 0.1) is 17.9 Å². The zero-order valence-electron chi connectivity index (χ0n) is 6.77. The van der Waals surface area contributed by atoms with Crippen molar-refractivity contribution in [3.63, 3.8) is 0 Å². The van der Waals surface area contributed by atoms with Gasteiger partial charge < -0.3 is 9.57 Å². The highest BCUT2D eigenvalue weighted by molar-refractivity contribution is 8.01. The van der Waals surface area contributed by atoms with Gasteiger partial charge in [0.1, 0.15) is 11.7 Å². The first-order chi connectivity index (χ1) is 5.66. The minimum Gasteiger partial charge on any atom is -0.468 e. The molecule has 0 saturated carbocycles. The molecule has 0 N–H and O–H groups in total. The van der Waals surface area contributed by atoms with Crippen molar-refractivity contribution in [2.45, 2.75) is 12.2 Å². The van der Waals surface area contributed by atoms with Gasteiger partial charge in [0.15, 0.2) is 5.25 Å². The Kier molecular flexibility index (Phi) is 2.80. The number of hydrogen-bond donors (Lipinski definition) is 0. The molecular weight excluding hydrogens is 182 g/mol. The van der Waals surface area contributed by atoms with Gasteiger partial charge in [-0.25, -0.2) is 0 Å². The van der Waals surface area contributed by atoms with Crippen LogP contribution in [0.1, 0.15) is 6.92 Å². The van der Waals surface area contributed by atoms with Crippen molar-refractivity contribution in [3.05, 3.63) is 0 Å². The Labute approximate surface area is 72.2 Å². The Morgan fingerprint density at radius 3 is 3.08 bits per heavy atom. The average molecular weight is 191 g/mol. The topological polar surface area (TPSA) is 65.0 Å². The number of carbonyl (C=O) groups excluding carboxylic acids is 1. The first kappa shape index (κ1) is 9.18. The largest absolute Gasteiger partial charge is 0.468 e. The maximum absolute atomic E-state index is 11.3. The van der Waals surface area contributed by atoms with E-state index < -0.39 is 22.0 Å². The van der Waals surface area contributed by atoms with E-state index in [9.17, 15) is 9.00 Å². The standard InChI is InChI=1S/C6H9NO4S/c1-4-7-11-3-5(12(4)9)6(8)10-2/h5H,3H2,1-2H3.